The summed E-state index contributed by atoms with van der Waals surface area (Å²) in [6, 6.07) is 24.9. The summed E-state index contributed by atoms with van der Waals surface area (Å²) < 4.78 is 0. The zero-order chi connectivity index (χ0) is 23.7. The largest absolute Gasteiger partial charge is 0.298 e. The van der Waals surface area contributed by atoms with Crippen molar-refractivity contribution in [1.29, 1.82) is 0 Å². The molecule has 1 amide bonds. The average Bonchev–Trinajstić information content (AvgIpc) is 3.27. The number of nitrogens with zero attached hydrogens (tertiary/aromatic N) is 2. The van der Waals surface area contributed by atoms with Gasteiger partial charge in [0, 0.05) is 17.2 Å². The topological polar surface area (TPSA) is 87.7 Å². The molecule has 0 unspecified atom stereocenters. The predicted molar refractivity (Wildman–Crippen MR) is 137 cm³/mol. The highest BCUT2D eigenvalue weighted by atomic mass is 32.1. The van der Waals surface area contributed by atoms with Gasteiger partial charge in [0.1, 0.15) is 5.69 Å². The summed E-state index contributed by atoms with van der Waals surface area (Å²) in [4.78, 5) is 30.6. The quantitative estimate of drug-likeness (QED) is 0.328. The molecular weight excluding hydrogens is 444 g/mol. The lowest BCUT2D eigenvalue weighted by Gasteiger charge is -2.10. The lowest BCUT2D eigenvalue weighted by atomic mass is 10.00. The van der Waals surface area contributed by atoms with E-state index >= 15 is 0 Å². The minimum Gasteiger partial charge on any atom is -0.298 e. The van der Waals surface area contributed by atoms with Crippen LogP contribution >= 0.6 is 11.3 Å². The van der Waals surface area contributed by atoms with Gasteiger partial charge in [-0.2, -0.15) is 5.10 Å². The molecule has 3 aromatic carbocycles. The smallest absolute Gasteiger partial charge is 0.264 e. The standard InChI is InChI=1S/C27H22N4O2S/c1-16(2)21-15-22(32)30-31-24(21)25-23(18-9-4-3-5-10-18)28-27(34-25)29-26(33)20-13-12-17-8-6-7-11-19(17)14-20/h3-16H,1-2H3,(H,30,32)(H,28,29,33). The van der Waals surface area contributed by atoms with Gasteiger partial charge < -0.3 is 0 Å². The molecule has 5 aromatic rings. The molecule has 0 aliphatic rings. The molecule has 34 heavy (non-hydrogen) atoms. The second-order valence-corrected chi connectivity index (χ2v) is 9.27. The Balaban J connectivity index is 1.57. The van der Waals surface area contributed by atoms with E-state index in [1.54, 1.807) is 6.07 Å². The van der Waals surface area contributed by atoms with Crippen molar-refractivity contribution in [2.45, 2.75) is 19.8 Å². The summed E-state index contributed by atoms with van der Waals surface area (Å²) in [5, 5.41) is 12.4. The highest BCUT2D eigenvalue weighted by Crippen LogP contribution is 2.40. The molecule has 0 radical (unpaired) electrons. The lowest BCUT2D eigenvalue weighted by Crippen LogP contribution is -2.11. The van der Waals surface area contributed by atoms with Crippen LogP contribution in [0.25, 0.3) is 32.6 Å². The monoisotopic (exact) mass is 466 g/mol. The minimum atomic E-state index is -0.247. The Bertz CT molecular complexity index is 1550. The van der Waals surface area contributed by atoms with Crippen LogP contribution in [0, 0.1) is 0 Å². The third-order valence-corrected chi connectivity index (χ3v) is 6.56. The Labute approximate surface area is 200 Å². The van der Waals surface area contributed by atoms with Crippen LogP contribution in [0.3, 0.4) is 0 Å². The number of rotatable bonds is 5. The Morgan fingerprint density at radius 3 is 2.41 bits per heavy atom. The third kappa shape index (κ3) is 4.25. The fourth-order valence-corrected chi connectivity index (χ4v) is 4.86. The molecule has 0 atom stereocenters. The molecule has 168 valence electrons. The van der Waals surface area contributed by atoms with Crippen molar-refractivity contribution in [2.75, 3.05) is 5.32 Å². The van der Waals surface area contributed by atoms with Crippen molar-refractivity contribution in [3.63, 3.8) is 0 Å². The molecule has 0 fully saturated rings. The van der Waals surface area contributed by atoms with Gasteiger partial charge in [0.05, 0.1) is 10.6 Å². The van der Waals surface area contributed by atoms with E-state index < -0.39 is 0 Å². The number of H-pyrrole nitrogens is 1. The van der Waals surface area contributed by atoms with Crippen LogP contribution in [-0.4, -0.2) is 21.1 Å². The van der Waals surface area contributed by atoms with Gasteiger partial charge >= 0.3 is 0 Å². The molecular formula is C27H22N4O2S. The van der Waals surface area contributed by atoms with Crippen molar-refractivity contribution >= 4 is 33.1 Å². The number of hydrogen-bond acceptors (Lipinski definition) is 5. The number of nitrogens with one attached hydrogen (secondary N) is 2. The van der Waals surface area contributed by atoms with Gasteiger partial charge in [0.2, 0.25) is 0 Å². The first-order valence-corrected chi connectivity index (χ1v) is 11.8. The van der Waals surface area contributed by atoms with Gasteiger partial charge in [0.15, 0.2) is 5.13 Å². The van der Waals surface area contributed by atoms with Gasteiger partial charge in [0.25, 0.3) is 11.5 Å². The lowest BCUT2D eigenvalue weighted by molar-refractivity contribution is 0.102. The molecule has 2 N–H and O–H groups in total. The molecule has 0 bridgehead atoms. The molecule has 0 saturated heterocycles. The fraction of sp³-hybridized carbons (Fsp3) is 0.111. The van der Waals surface area contributed by atoms with Gasteiger partial charge in [-0.15, -0.1) is 0 Å². The Kier molecular flexibility index (Phi) is 5.77. The second-order valence-electron chi connectivity index (χ2n) is 8.27. The van der Waals surface area contributed by atoms with E-state index in [2.05, 4.69) is 15.5 Å². The second kappa shape index (κ2) is 9.03. The van der Waals surface area contributed by atoms with Crippen molar-refractivity contribution in [2.24, 2.45) is 0 Å². The summed E-state index contributed by atoms with van der Waals surface area (Å²) in [5.74, 6) is -0.143. The van der Waals surface area contributed by atoms with Crippen LogP contribution in [0.5, 0.6) is 0 Å². The molecule has 5 rings (SSSR count). The van der Waals surface area contributed by atoms with Gasteiger partial charge in [-0.25, -0.2) is 10.1 Å². The summed E-state index contributed by atoms with van der Waals surface area (Å²) >= 11 is 1.34. The minimum absolute atomic E-state index is 0.0890. The summed E-state index contributed by atoms with van der Waals surface area (Å²) in [6.45, 7) is 4.04. The van der Waals surface area contributed by atoms with E-state index in [-0.39, 0.29) is 17.4 Å². The van der Waals surface area contributed by atoms with Crippen LogP contribution in [-0.2, 0) is 0 Å². The van der Waals surface area contributed by atoms with Crippen LogP contribution < -0.4 is 10.9 Å². The first kappa shape index (κ1) is 21.7. The molecule has 0 spiro atoms. The maximum absolute atomic E-state index is 13.1. The van der Waals surface area contributed by atoms with Crippen molar-refractivity contribution in [3.8, 4) is 21.8 Å². The first-order chi connectivity index (χ1) is 16.5. The number of carbonyl (C=O) groups is 1. The number of fused-ring (bicyclic) bond motifs is 1. The molecule has 2 aromatic heterocycles. The molecule has 7 heteroatoms. The SMILES string of the molecule is CC(C)c1cc(=O)[nH]nc1-c1sc(NC(=O)c2ccc3ccccc3c2)nc1-c1ccccc1. The van der Waals surface area contributed by atoms with Gasteiger partial charge in [-0.3, -0.25) is 14.9 Å². The summed E-state index contributed by atoms with van der Waals surface area (Å²) in [6.07, 6.45) is 0. The zero-order valence-electron chi connectivity index (χ0n) is 18.7. The van der Waals surface area contributed by atoms with E-state index in [9.17, 15) is 9.59 Å². The van der Waals surface area contributed by atoms with Gasteiger partial charge in [-0.05, 0) is 34.4 Å². The molecule has 0 aliphatic carbocycles. The summed E-state index contributed by atoms with van der Waals surface area (Å²) in [5.41, 5.74) is 3.42. The van der Waals surface area contributed by atoms with Crippen molar-refractivity contribution < 1.29 is 4.79 Å². The molecule has 0 saturated carbocycles. The number of amides is 1. The van der Waals surface area contributed by atoms with E-state index in [0.29, 0.717) is 22.1 Å². The van der Waals surface area contributed by atoms with Crippen LogP contribution in [0.15, 0.2) is 83.7 Å². The highest BCUT2D eigenvalue weighted by Gasteiger charge is 2.22. The predicted octanol–water partition coefficient (Wildman–Crippen LogP) is 6.09. The number of carbonyl (C=O) groups excluding carboxylic acids is 1. The average molecular weight is 467 g/mol. The van der Waals surface area contributed by atoms with E-state index in [1.165, 1.54) is 11.3 Å². The van der Waals surface area contributed by atoms with Crippen molar-refractivity contribution in [1.82, 2.24) is 15.2 Å². The van der Waals surface area contributed by atoms with E-state index in [0.717, 1.165) is 26.8 Å². The number of thiazole rings is 1. The molecule has 0 aliphatic heterocycles. The molecule has 2 heterocycles. The number of aromatic nitrogens is 3. The molecule has 6 nitrogen and oxygen atoms in total. The third-order valence-electron chi connectivity index (χ3n) is 5.58. The van der Waals surface area contributed by atoms with Crippen LogP contribution in [0.2, 0.25) is 0 Å². The summed E-state index contributed by atoms with van der Waals surface area (Å²) in [7, 11) is 0. The fourth-order valence-electron chi connectivity index (χ4n) is 3.87. The van der Waals surface area contributed by atoms with Crippen molar-refractivity contribution in [3.05, 3.63) is 100 Å². The Morgan fingerprint density at radius 1 is 0.912 bits per heavy atom. The zero-order valence-corrected chi connectivity index (χ0v) is 19.5. The highest BCUT2D eigenvalue weighted by molar-refractivity contribution is 7.19. The van der Waals surface area contributed by atoms with E-state index in [4.69, 9.17) is 4.98 Å². The van der Waals surface area contributed by atoms with Crippen LogP contribution in [0.4, 0.5) is 5.13 Å². The van der Waals surface area contributed by atoms with Gasteiger partial charge in [-0.1, -0.05) is 85.8 Å². The number of benzene rings is 3. The first-order valence-electron chi connectivity index (χ1n) is 11.0. The number of aromatic amines is 1. The Morgan fingerprint density at radius 2 is 1.65 bits per heavy atom. The number of hydrogen-bond donors (Lipinski definition) is 2. The van der Waals surface area contributed by atoms with E-state index in [1.807, 2.05) is 86.6 Å². The maximum atomic E-state index is 13.1. The Hall–Kier alpha value is -4.10. The number of anilines is 1. The normalized spacial score (nSPS) is 11.1. The van der Waals surface area contributed by atoms with Crippen LogP contribution in [0.1, 0.15) is 35.7 Å². The maximum Gasteiger partial charge on any atom is 0.264 e.